The van der Waals surface area contributed by atoms with Gasteiger partial charge >= 0.3 is 5.97 Å². The zero-order valence-electron chi connectivity index (χ0n) is 9.04. The molecule has 82 valence electrons. The maximum absolute atomic E-state index is 10.5. The van der Waals surface area contributed by atoms with E-state index in [1.54, 1.807) is 0 Å². The number of hydrogen-bond donors (Lipinski definition) is 0. The first-order valence-electron chi connectivity index (χ1n) is 4.95. The quantitative estimate of drug-likeness (QED) is 0.511. The van der Waals surface area contributed by atoms with Crippen molar-refractivity contribution >= 4 is 5.97 Å². The topological polar surface area (TPSA) is 44.8 Å². The van der Waals surface area contributed by atoms with Gasteiger partial charge in [0, 0.05) is 6.92 Å². The number of rotatable bonds is 4. The lowest BCUT2D eigenvalue weighted by molar-refractivity contribution is -0.144. The third-order valence-corrected chi connectivity index (χ3v) is 2.04. The van der Waals surface area contributed by atoms with E-state index in [4.69, 9.17) is 14.2 Å². The smallest absolute Gasteiger partial charge is 0.302 e. The van der Waals surface area contributed by atoms with Crippen LogP contribution in [0.15, 0.2) is 0 Å². The molecule has 0 bridgehead atoms. The second-order valence-corrected chi connectivity index (χ2v) is 3.93. The van der Waals surface area contributed by atoms with E-state index < -0.39 is 5.79 Å². The molecule has 1 heterocycles. The summed E-state index contributed by atoms with van der Waals surface area (Å²) in [5.41, 5.74) is 0. The van der Waals surface area contributed by atoms with Crippen molar-refractivity contribution in [2.24, 2.45) is 0 Å². The summed E-state index contributed by atoms with van der Waals surface area (Å²) in [6.45, 7) is 6.32. The largest absolute Gasteiger partial charge is 0.466 e. The Kier molecular flexibility index (Phi) is 3.89. The Morgan fingerprint density at radius 2 is 2.29 bits per heavy atom. The lowest BCUT2D eigenvalue weighted by Gasteiger charge is -2.16. The fourth-order valence-corrected chi connectivity index (χ4v) is 1.43. The molecule has 4 heteroatoms. The standard InChI is InChI=1S/C10H18O4/c1-8(11)12-6-4-5-9-7-13-10(2,3)14-9/h9H,4-7H2,1-3H3/t9-/m0/s1. The number of carbonyl (C=O) groups excluding carboxylic acids is 1. The van der Waals surface area contributed by atoms with Crippen LogP contribution in [0.3, 0.4) is 0 Å². The van der Waals surface area contributed by atoms with Crippen LogP contribution in [-0.4, -0.2) is 31.1 Å². The van der Waals surface area contributed by atoms with Crippen LogP contribution in [0.1, 0.15) is 33.6 Å². The molecule has 1 atom stereocenters. The highest BCUT2D eigenvalue weighted by Gasteiger charge is 2.31. The van der Waals surface area contributed by atoms with E-state index in [0.29, 0.717) is 13.2 Å². The molecule has 1 fully saturated rings. The van der Waals surface area contributed by atoms with Gasteiger partial charge in [-0.3, -0.25) is 4.79 Å². The van der Waals surface area contributed by atoms with E-state index in [0.717, 1.165) is 12.8 Å². The van der Waals surface area contributed by atoms with Gasteiger partial charge in [0.25, 0.3) is 0 Å². The summed E-state index contributed by atoms with van der Waals surface area (Å²) in [7, 11) is 0. The average Bonchev–Trinajstić information content (AvgIpc) is 2.39. The first kappa shape index (κ1) is 11.5. The summed E-state index contributed by atoms with van der Waals surface area (Å²) in [4.78, 5) is 10.5. The number of carbonyl (C=O) groups is 1. The molecule has 0 aromatic carbocycles. The lowest BCUT2D eigenvalue weighted by atomic mass is 10.2. The number of ether oxygens (including phenoxy) is 3. The van der Waals surface area contributed by atoms with Crippen LogP contribution < -0.4 is 0 Å². The van der Waals surface area contributed by atoms with E-state index in [-0.39, 0.29) is 12.1 Å². The average molecular weight is 202 g/mol. The summed E-state index contributed by atoms with van der Waals surface area (Å²) in [6, 6.07) is 0. The second kappa shape index (κ2) is 4.75. The number of esters is 1. The summed E-state index contributed by atoms with van der Waals surface area (Å²) in [5.74, 6) is -0.680. The predicted molar refractivity (Wildman–Crippen MR) is 50.8 cm³/mol. The molecule has 0 amide bonds. The Morgan fingerprint density at radius 3 is 2.79 bits per heavy atom. The minimum absolute atomic E-state index is 0.139. The summed E-state index contributed by atoms with van der Waals surface area (Å²) < 4.78 is 15.8. The molecule has 1 rings (SSSR count). The zero-order valence-corrected chi connectivity index (χ0v) is 9.04. The first-order chi connectivity index (χ1) is 6.49. The molecule has 0 aromatic heterocycles. The van der Waals surface area contributed by atoms with Crippen molar-refractivity contribution in [2.75, 3.05) is 13.2 Å². The van der Waals surface area contributed by atoms with Gasteiger partial charge in [0.2, 0.25) is 0 Å². The van der Waals surface area contributed by atoms with Gasteiger partial charge in [0.15, 0.2) is 5.79 Å². The molecule has 0 spiro atoms. The highest BCUT2D eigenvalue weighted by atomic mass is 16.7. The van der Waals surface area contributed by atoms with E-state index >= 15 is 0 Å². The maximum atomic E-state index is 10.5. The first-order valence-corrected chi connectivity index (χ1v) is 4.95. The van der Waals surface area contributed by atoms with Crippen LogP contribution >= 0.6 is 0 Å². The van der Waals surface area contributed by atoms with E-state index in [9.17, 15) is 4.79 Å². The molecule has 0 aliphatic carbocycles. The minimum Gasteiger partial charge on any atom is -0.466 e. The molecular weight excluding hydrogens is 184 g/mol. The van der Waals surface area contributed by atoms with Crippen molar-refractivity contribution in [1.29, 1.82) is 0 Å². The van der Waals surface area contributed by atoms with Crippen molar-refractivity contribution in [3.8, 4) is 0 Å². The van der Waals surface area contributed by atoms with Gasteiger partial charge in [0.05, 0.1) is 19.3 Å². The van der Waals surface area contributed by atoms with Gasteiger partial charge in [-0.05, 0) is 26.7 Å². The van der Waals surface area contributed by atoms with Crippen molar-refractivity contribution in [3.63, 3.8) is 0 Å². The molecule has 0 N–H and O–H groups in total. The Hall–Kier alpha value is -0.610. The molecular formula is C10H18O4. The molecule has 1 aliphatic heterocycles. The Balaban J connectivity index is 2.06. The van der Waals surface area contributed by atoms with Gasteiger partial charge in [-0.1, -0.05) is 0 Å². The Morgan fingerprint density at radius 1 is 1.57 bits per heavy atom. The molecule has 4 nitrogen and oxygen atoms in total. The van der Waals surface area contributed by atoms with Crippen LogP contribution in [0.2, 0.25) is 0 Å². The van der Waals surface area contributed by atoms with Gasteiger partial charge in [-0.2, -0.15) is 0 Å². The van der Waals surface area contributed by atoms with Gasteiger partial charge < -0.3 is 14.2 Å². The molecule has 0 unspecified atom stereocenters. The molecule has 1 aliphatic rings. The minimum atomic E-state index is -0.452. The fourth-order valence-electron chi connectivity index (χ4n) is 1.43. The molecule has 0 saturated carbocycles. The van der Waals surface area contributed by atoms with Crippen LogP contribution in [0.5, 0.6) is 0 Å². The molecule has 1 saturated heterocycles. The summed E-state index contributed by atoms with van der Waals surface area (Å²) >= 11 is 0. The SMILES string of the molecule is CC(=O)OCCC[C@H]1COC(C)(C)O1. The second-order valence-electron chi connectivity index (χ2n) is 3.93. The Bertz CT molecular complexity index is 200. The van der Waals surface area contributed by atoms with E-state index in [1.165, 1.54) is 6.92 Å². The normalized spacial score (nSPS) is 24.9. The van der Waals surface area contributed by atoms with Crippen LogP contribution in [0.25, 0.3) is 0 Å². The third-order valence-electron chi connectivity index (χ3n) is 2.04. The van der Waals surface area contributed by atoms with E-state index in [2.05, 4.69) is 0 Å². The summed E-state index contributed by atoms with van der Waals surface area (Å²) in [5, 5.41) is 0. The van der Waals surface area contributed by atoms with Crippen LogP contribution in [0, 0.1) is 0 Å². The van der Waals surface area contributed by atoms with Crippen LogP contribution in [-0.2, 0) is 19.0 Å². The molecule has 0 aromatic rings. The monoisotopic (exact) mass is 202 g/mol. The lowest BCUT2D eigenvalue weighted by Crippen LogP contribution is -2.21. The number of hydrogen-bond acceptors (Lipinski definition) is 4. The van der Waals surface area contributed by atoms with Crippen LogP contribution in [0.4, 0.5) is 0 Å². The highest BCUT2D eigenvalue weighted by molar-refractivity contribution is 5.65. The van der Waals surface area contributed by atoms with Gasteiger partial charge in [0.1, 0.15) is 0 Å². The molecule has 0 radical (unpaired) electrons. The van der Waals surface area contributed by atoms with E-state index in [1.807, 2.05) is 13.8 Å². The Labute approximate surface area is 84.5 Å². The van der Waals surface area contributed by atoms with Crippen molar-refractivity contribution in [3.05, 3.63) is 0 Å². The summed E-state index contributed by atoms with van der Waals surface area (Å²) in [6.07, 6.45) is 1.83. The van der Waals surface area contributed by atoms with Crippen molar-refractivity contribution in [1.82, 2.24) is 0 Å². The highest BCUT2D eigenvalue weighted by Crippen LogP contribution is 2.24. The fraction of sp³-hybridized carbons (Fsp3) is 0.900. The maximum Gasteiger partial charge on any atom is 0.302 e. The van der Waals surface area contributed by atoms with Crippen molar-refractivity contribution in [2.45, 2.75) is 45.5 Å². The predicted octanol–water partition coefficient (Wildman–Crippen LogP) is 1.48. The molecule has 14 heavy (non-hydrogen) atoms. The zero-order chi connectivity index (χ0) is 10.6. The van der Waals surface area contributed by atoms with Gasteiger partial charge in [-0.25, -0.2) is 0 Å². The van der Waals surface area contributed by atoms with Gasteiger partial charge in [-0.15, -0.1) is 0 Å². The van der Waals surface area contributed by atoms with Crippen molar-refractivity contribution < 1.29 is 19.0 Å². The third kappa shape index (κ3) is 4.07.